The Morgan fingerprint density at radius 3 is 2.59 bits per heavy atom. The van der Waals surface area contributed by atoms with Crippen molar-refractivity contribution in [3.8, 4) is 16.3 Å². The minimum atomic E-state index is 0. The number of hydrogen-bond donors (Lipinski definition) is 2. The van der Waals surface area contributed by atoms with Gasteiger partial charge in [-0.3, -0.25) is 4.99 Å². The lowest BCUT2D eigenvalue weighted by Crippen LogP contribution is -2.36. The van der Waals surface area contributed by atoms with Gasteiger partial charge in [0.25, 0.3) is 0 Å². The second-order valence-electron chi connectivity index (χ2n) is 6.95. The van der Waals surface area contributed by atoms with Crippen molar-refractivity contribution in [1.29, 1.82) is 0 Å². The largest absolute Gasteiger partial charge is 0.491 e. The molecule has 1 heterocycles. The quantitative estimate of drug-likeness (QED) is 0.156. The van der Waals surface area contributed by atoms with Crippen LogP contribution in [0.15, 0.2) is 58.9 Å². The van der Waals surface area contributed by atoms with Crippen LogP contribution in [0.1, 0.15) is 23.7 Å². The predicted octanol–water partition coefficient (Wildman–Crippen LogP) is 5.02. The van der Waals surface area contributed by atoms with Crippen LogP contribution in [-0.2, 0) is 17.8 Å². The van der Waals surface area contributed by atoms with E-state index in [1.807, 2.05) is 25.1 Å². The number of aryl methyl sites for hydroxylation is 1. The highest BCUT2D eigenvalue weighted by molar-refractivity contribution is 14.0. The molecular formula is C24H31IN4O2S. The van der Waals surface area contributed by atoms with Crippen molar-refractivity contribution in [1.82, 2.24) is 15.6 Å². The van der Waals surface area contributed by atoms with Gasteiger partial charge in [0.05, 0.1) is 18.8 Å². The number of nitrogens with one attached hydrogen (secondary N) is 2. The summed E-state index contributed by atoms with van der Waals surface area (Å²) in [5.41, 5.74) is 4.36. The highest BCUT2D eigenvalue weighted by atomic mass is 127. The summed E-state index contributed by atoms with van der Waals surface area (Å²) in [6.07, 6.45) is 0. The molecule has 3 aromatic rings. The summed E-state index contributed by atoms with van der Waals surface area (Å²) in [6.45, 7) is 7.06. The predicted molar refractivity (Wildman–Crippen MR) is 143 cm³/mol. The molecule has 0 fully saturated rings. The third-order valence-corrected chi connectivity index (χ3v) is 5.53. The summed E-state index contributed by atoms with van der Waals surface area (Å²) in [6, 6.07) is 16.4. The molecule has 8 heteroatoms. The number of thiazole rings is 1. The van der Waals surface area contributed by atoms with E-state index in [0.717, 1.165) is 39.1 Å². The molecule has 6 nitrogen and oxygen atoms in total. The summed E-state index contributed by atoms with van der Waals surface area (Å²) in [7, 11) is 1.76. The van der Waals surface area contributed by atoms with Crippen molar-refractivity contribution in [2.45, 2.75) is 26.9 Å². The first-order valence-corrected chi connectivity index (χ1v) is 11.3. The third kappa shape index (κ3) is 8.07. The van der Waals surface area contributed by atoms with Crippen LogP contribution in [0.5, 0.6) is 5.75 Å². The van der Waals surface area contributed by atoms with Crippen LogP contribution in [0.25, 0.3) is 10.6 Å². The summed E-state index contributed by atoms with van der Waals surface area (Å²) < 4.78 is 11.3. The average molecular weight is 567 g/mol. The van der Waals surface area contributed by atoms with Crippen LogP contribution >= 0.6 is 35.3 Å². The maximum Gasteiger partial charge on any atom is 0.191 e. The Morgan fingerprint density at radius 1 is 1.06 bits per heavy atom. The normalized spacial score (nSPS) is 11.0. The first kappa shape index (κ1) is 26.1. The van der Waals surface area contributed by atoms with Gasteiger partial charge in [0.2, 0.25) is 0 Å². The summed E-state index contributed by atoms with van der Waals surface area (Å²) >= 11 is 1.65. The van der Waals surface area contributed by atoms with E-state index in [1.54, 1.807) is 18.4 Å². The van der Waals surface area contributed by atoms with Crippen LogP contribution in [0, 0.1) is 6.92 Å². The minimum absolute atomic E-state index is 0. The minimum Gasteiger partial charge on any atom is -0.491 e. The first-order chi connectivity index (χ1) is 15.2. The fourth-order valence-corrected chi connectivity index (χ4v) is 3.80. The standard InChI is InChI=1S/C24H30N4O2S.HI/c1-4-29-12-13-30-22-14-18(2)10-11-20(22)15-26-24(25-3)27-16-21-17-31-23(28-21)19-8-6-5-7-9-19;/h5-11,14,17H,4,12-13,15-16H2,1-3H3,(H2,25,26,27);1H. The molecule has 0 amide bonds. The Kier molecular flexibility index (Phi) is 11.5. The zero-order chi connectivity index (χ0) is 21.9. The molecule has 2 aromatic carbocycles. The summed E-state index contributed by atoms with van der Waals surface area (Å²) in [5.74, 6) is 1.59. The number of guanidine groups is 1. The Morgan fingerprint density at radius 2 is 1.84 bits per heavy atom. The van der Waals surface area contributed by atoms with Gasteiger partial charge >= 0.3 is 0 Å². The van der Waals surface area contributed by atoms with Crippen LogP contribution in [0.3, 0.4) is 0 Å². The molecule has 0 radical (unpaired) electrons. The molecule has 0 aliphatic rings. The van der Waals surface area contributed by atoms with Crippen LogP contribution < -0.4 is 15.4 Å². The number of hydrogen-bond acceptors (Lipinski definition) is 5. The Hall–Kier alpha value is -2.17. The molecule has 2 N–H and O–H groups in total. The lowest BCUT2D eigenvalue weighted by molar-refractivity contribution is 0.110. The van der Waals surface area contributed by atoms with Gasteiger partial charge in [-0.1, -0.05) is 42.5 Å². The van der Waals surface area contributed by atoms with Gasteiger partial charge < -0.3 is 20.1 Å². The first-order valence-electron chi connectivity index (χ1n) is 10.4. The van der Waals surface area contributed by atoms with E-state index in [4.69, 9.17) is 14.5 Å². The average Bonchev–Trinajstić information content (AvgIpc) is 3.27. The zero-order valence-corrected chi connectivity index (χ0v) is 21.9. The molecule has 172 valence electrons. The molecule has 0 saturated heterocycles. The van der Waals surface area contributed by atoms with E-state index in [-0.39, 0.29) is 24.0 Å². The number of ether oxygens (including phenoxy) is 2. The van der Waals surface area contributed by atoms with Crippen LogP contribution in [0.2, 0.25) is 0 Å². The molecule has 0 spiro atoms. The van der Waals surface area contributed by atoms with Gasteiger partial charge in [-0.05, 0) is 25.5 Å². The second kappa shape index (κ2) is 14.1. The van der Waals surface area contributed by atoms with E-state index >= 15 is 0 Å². The molecule has 0 saturated carbocycles. The Labute approximate surface area is 211 Å². The van der Waals surface area contributed by atoms with E-state index in [9.17, 15) is 0 Å². The number of benzene rings is 2. The smallest absolute Gasteiger partial charge is 0.191 e. The molecule has 0 aliphatic carbocycles. The van der Waals surface area contributed by atoms with Crippen molar-refractivity contribution in [2.75, 3.05) is 26.9 Å². The monoisotopic (exact) mass is 566 g/mol. The fourth-order valence-electron chi connectivity index (χ4n) is 2.97. The van der Waals surface area contributed by atoms with Crippen LogP contribution in [0.4, 0.5) is 0 Å². The number of nitrogens with zero attached hydrogens (tertiary/aromatic N) is 2. The fraction of sp³-hybridized carbons (Fsp3) is 0.333. The maximum atomic E-state index is 5.93. The molecule has 0 unspecified atom stereocenters. The highest BCUT2D eigenvalue weighted by Gasteiger charge is 2.08. The van der Waals surface area contributed by atoms with Gasteiger partial charge in [-0.25, -0.2) is 4.98 Å². The Bertz CT molecular complexity index is 979. The maximum absolute atomic E-state index is 5.93. The highest BCUT2D eigenvalue weighted by Crippen LogP contribution is 2.23. The molecular weight excluding hydrogens is 535 g/mol. The number of aliphatic imine (C=N–C) groups is 1. The lowest BCUT2D eigenvalue weighted by Gasteiger charge is -2.15. The molecule has 3 rings (SSSR count). The zero-order valence-electron chi connectivity index (χ0n) is 18.8. The van der Waals surface area contributed by atoms with Gasteiger partial charge in [0.1, 0.15) is 17.4 Å². The van der Waals surface area contributed by atoms with E-state index in [2.05, 4.69) is 58.3 Å². The molecule has 1 aromatic heterocycles. The van der Waals surface area contributed by atoms with Crippen molar-refractivity contribution in [2.24, 2.45) is 4.99 Å². The van der Waals surface area contributed by atoms with Crippen molar-refractivity contribution >= 4 is 41.3 Å². The third-order valence-electron chi connectivity index (χ3n) is 4.59. The number of aromatic nitrogens is 1. The second-order valence-corrected chi connectivity index (χ2v) is 7.80. The number of rotatable bonds is 10. The van der Waals surface area contributed by atoms with E-state index < -0.39 is 0 Å². The van der Waals surface area contributed by atoms with E-state index in [1.165, 1.54) is 0 Å². The molecule has 32 heavy (non-hydrogen) atoms. The lowest BCUT2D eigenvalue weighted by atomic mass is 10.1. The van der Waals surface area contributed by atoms with E-state index in [0.29, 0.717) is 32.9 Å². The molecule has 0 bridgehead atoms. The summed E-state index contributed by atoms with van der Waals surface area (Å²) in [5, 5.41) is 9.79. The van der Waals surface area contributed by atoms with Gasteiger partial charge in [-0.15, -0.1) is 35.3 Å². The SMILES string of the molecule is CCOCCOc1cc(C)ccc1CNC(=NC)NCc1csc(-c2ccccc2)n1.I. The van der Waals surface area contributed by atoms with Crippen molar-refractivity contribution in [3.63, 3.8) is 0 Å². The van der Waals surface area contributed by atoms with Gasteiger partial charge in [-0.2, -0.15) is 0 Å². The summed E-state index contributed by atoms with van der Waals surface area (Å²) in [4.78, 5) is 9.05. The molecule has 0 atom stereocenters. The van der Waals surface area contributed by atoms with Crippen molar-refractivity contribution in [3.05, 3.63) is 70.7 Å². The number of halogens is 1. The van der Waals surface area contributed by atoms with Crippen molar-refractivity contribution < 1.29 is 9.47 Å². The molecule has 0 aliphatic heterocycles. The van der Waals surface area contributed by atoms with Gasteiger partial charge in [0, 0.05) is 36.7 Å². The van der Waals surface area contributed by atoms with Crippen LogP contribution in [-0.4, -0.2) is 37.8 Å². The Balaban J connectivity index is 0.00000363. The van der Waals surface area contributed by atoms with Gasteiger partial charge in [0.15, 0.2) is 5.96 Å². The topological polar surface area (TPSA) is 67.8 Å².